The van der Waals surface area contributed by atoms with E-state index in [0.29, 0.717) is 0 Å². The Morgan fingerprint density at radius 2 is 1.76 bits per heavy atom. The quantitative estimate of drug-likeness (QED) is 0.853. The summed E-state index contributed by atoms with van der Waals surface area (Å²) in [7, 11) is -3.93. The first-order valence-corrected chi connectivity index (χ1v) is 7.50. The molecule has 2 rings (SSSR count). The molecule has 0 atom stereocenters. The molecule has 21 heavy (non-hydrogen) atoms. The van der Waals surface area contributed by atoms with E-state index in [-0.39, 0.29) is 36.6 Å². The summed E-state index contributed by atoms with van der Waals surface area (Å²) in [4.78, 5) is 10.8. The average Bonchev–Trinajstić information content (AvgIpc) is 2.37. The van der Waals surface area contributed by atoms with E-state index >= 15 is 0 Å². The fourth-order valence-electron chi connectivity index (χ4n) is 1.96. The first-order valence-electron chi connectivity index (χ1n) is 6.06. The zero-order valence-electron chi connectivity index (χ0n) is 10.8. The van der Waals surface area contributed by atoms with E-state index in [2.05, 4.69) is 4.74 Å². The van der Waals surface area contributed by atoms with Crippen LogP contribution in [0.2, 0.25) is 0 Å². The Kier molecular flexibility index (Phi) is 4.24. The number of carbonyl (C=O) groups excluding carboxylic acids is 1. The van der Waals surface area contributed by atoms with Crippen LogP contribution in [0.3, 0.4) is 0 Å². The van der Waals surface area contributed by atoms with Crippen LogP contribution in [-0.2, 0) is 14.8 Å². The summed E-state index contributed by atoms with van der Waals surface area (Å²) in [5.41, 5.74) is 0. The summed E-state index contributed by atoms with van der Waals surface area (Å²) in [6.45, 7) is 0.0665. The van der Waals surface area contributed by atoms with Crippen molar-refractivity contribution < 1.29 is 31.1 Å². The van der Waals surface area contributed by atoms with E-state index in [1.165, 1.54) is 12.1 Å². The zero-order chi connectivity index (χ0) is 15.7. The van der Waals surface area contributed by atoms with Crippen molar-refractivity contribution in [3.05, 3.63) is 24.3 Å². The Hall–Kier alpha value is -1.61. The van der Waals surface area contributed by atoms with Crippen LogP contribution in [0.1, 0.15) is 12.8 Å². The van der Waals surface area contributed by atoms with Gasteiger partial charge in [-0.15, -0.1) is 13.2 Å². The van der Waals surface area contributed by atoms with Gasteiger partial charge in [0.05, 0.1) is 4.90 Å². The number of Topliss-reactive ketones (excluding diaryl/α,β-unsaturated/α-hetero) is 1. The van der Waals surface area contributed by atoms with E-state index < -0.39 is 22.1 Å². The van der Waals surface area contributed by atoms with Crippen LogP contribution >= 0.6 is 0 Å². The molecule has 1 aliphatic rings. The van der Waals surface area contributed by atoms with Gasteiger partial charge in [-0.25, -0.2) is 8.42 Å². The summed E-state index contributed by atoms with van der Waals surface area (Å²) in [5, 5.41) is 0. The first kappa shape index (κ1) is 15.8. The Bertz CT molecular complexity index is 632. The molecule has 9 heteroatoms. The predicted octanol–water partition coefficient (Wildman–Crippen LogP) is 1.94. The number of sulfonamides is 1. The lowest BCUT2D eigenvalue weighted by molar-refractivity contribution is -0.274. The third-order valence-electron chi connectivity index (χ3n) is 2.96. The molecule has 0 radical (unpaired) electrons. The molecule has 1 heterocycles. The largest absolute Gasteiger partial charge is 0.573 e. The second kappa shape index (κ2) is 5.64. The van der Waals surface area contributed by atoms with E-state index in [9.17, 15) is 26.4 Å². The van der Waals surface area contributed by atoms with E-state index in [1.807, 2.05) is 0 Å². The van der Waals surface area contributed by atoms with Crippen molar-refractivity contribution >= 4 is 15.8 Å². The molecule has 0 aliphatic carbocycles. The fourth-order valence-corrected chi connectivity index (χ4v) is 3.43. The number of nitrogens with zero attached hydrogens (tertiary/aromatic N) is 1. The molecule has 1 saturated heterocycles. The molecule has 5 nitrogen and oxygen atoms in total. The van der Waals surface area contributed by atoms with Crippen LogP contribution in [0.15, 0.2) is 29.2 Å². The topological polar surface area (TPSA) is 63.7 Å². The van der Waals surface area contributed by atoms with Crippen molar-refractivity contribution in [3.8, 4) is 5.75 Å². The predicted molar refractivity (Wildman–Crippen MR) is 66.1 cm³/mol. The van der Waals surface area contributed by atoms with Gasteiger partial charge in [0.15, 0.2) is 0 Å². The molecule has 0 bridgehead atoms. The molecule has 0 aromatic heterocycles. The molecule has 1 aliphatic heterocycles. The highest BCUT2D eigenvalue weighted by Gasteiger charge is 2.32. The zero-order valence-corrected chi connectivity index (χ0v) is 11.6. The maximum Gasteiger partial charge on any atom is 0.573 e. The van der Waals surface area contributed by atoms with Crippen LogP contribution in [0.5, 0.6) is 5.75 Å². The van der Waals surface area contributed by atoms with Gasteiger partial charge in [0.2, 0.25) is 10.0 Å². The number of rotatable bonds is 3. The minimum absolute atomic E-state index is 0.0318. The number of carbonyl (C=O) groups is 1. The Balaban J connectivity index is 2.24. The van der Waals surface area contributed by atoms with Crippen molar-refractivity contribution in [1.29, 1.82) is 0 Å². The molecule has 1 aromatic rings. The summed E-state index contributed by atoms with van der Waals surface area (Å²) < 4.78 is 65.8. The average molecular weight is 323 g/mol. The lowest BCUT2D eigenvalue weighted by atomic mass is 10.1. The highest BCUT2D eigenvalue weighted by atomic mass is 32.2. The molecule has 0 spiro atoms. The van der Waals surface area contributed by atoms with Crippen molar-refractivity contribution in [2.24, 2.45) is 0 Å². The van der Waals surface area contributed by atoms with Crippen LogP contribution in [-0.4, -0.2) is 38.0 Å². The molecule has 0 amide bonds. The molecule has 0 saturated carbocycles. The monoisotopic (exact) mass is 323 g/mol. The van der Waals surface area contributed by atoms with Crippen molar-refractivity contribution in [3.63, 3.8) is 0 Å². The second-order valence-corrected chi connectivity index (χ2v) is 6.40. The van der Waals surface area contributed by atoms with Crippen LogP contribution in [0, 0.1) is 0 Å². The van der Waals surface area contributed by atoms with E-state index in [1.54, 1.807) is 0 Å². The number of ketones is 1. The number of piperidine rings is 1. The van der Waals surface area contributed by atoms with E-state index in [0.717, 1.165) is 16.4 Å². The number of hydrogen-bond acceptors (Lipinski definition) is 4. The number of benzene rings is 1. The summed E-state index contributed by atoms with van der Waals surface area (Å²) in [6.07, 6.45) is -4.67. The van der Waals surface area contributed by atoms with Crippen molar-refractivity contribution in [2.75, 3.05) is 13.1 Å². The minimum atomic E-state index is -4.89. The normalized spacial score (nSPS) is 17.8. The fraction of sp³-hybridized carbons (Fsp3) is 0.417. The van der Waals surface area contributed by atoms with Crippen LogP contribution < -0.4 is 4.74 Å². The van der Waals surface area contributed by atoms with Gasteiger partial charge in [-0.3, -0.25) is 4.79 Å². The van der Waals surface area contributed by atoms with Gasteiger partial charge in [-0.05, 0) is 12.1 Å². The van der Waals surface area contributed by atoms with Gasteiger partial charge >= 0.3 is 6.36 Å². The van der Waals surface area contributed by atoms with Crippen LogP contribution in [0.25, 0.3) is 0 Å². The highest BCUT2D eigenvalue weighted by Crippen LogP contribution is 2.27. The van der Waals surface area contributed by atoms with Gasteiger partial charge < -0.3 is 4.74 Å². The molecule has 0 unspecified atom stereocenters. The highest BCUT2D eigenvalue weighted by molar-refractivity contribution is 7.89. The maximum absolute atomic E-state index is 12.3. The Morgan fingerprint density at radius 1 is 1.14 bits per heavy atom. The Morgan fingerprint density at radius 3 is 2.33 bits per heavy atom. The maximum atomic E-state index is 12.3. The third-order valence-corrected chi connectivity index (χ3v) is 4.85. The number of halogens is 3. The van der Waals surface area contributed by atoms with Crippen molar-refractivity contribution in [1.82, 2.24) is 4.31 Å². The lowest BCUT2D eigenvalue weighted by Crippen LogP contribution is -2.38. The first-order chi connectivity index (χ1) is 9.68. The number of alkyl halides is 3. The standard InChI is InChI=1S/C12H12F3NO4S/c13-12(14,15)20-10-2-1-3-11(8-10)21(18,19)16-6-4-9(17)5-7-16/h1-3,8H,4-7H2. The van der Waals surface area contributed by atoms with Gasteiger partial charge in [-0.2, -0.15) is 4.31 Å². The SMILES string of the molecule is O=C1CCN(S(=O)(=O)c2cccc(OC(F)(F)F)c2)CC1. The molecule has 1 fully saturated rings. The molecular formula is C12H12F3NO4S. The van der Waals surface area contributed by atoms with Gasteiger partial charge in [0.25, 0.3) is 0 Å². The second-order valence-electron chi connectivity index (χ2n) is 4.47. The third kappa shape index (κ3) is 3.94. The van der Waals surface area contributed by atoms with Crippen molar-refractivity contribution in [2.45, 2.75) is 24.1 Å². The smallest absolute Gasteiger partial charge is 0.406 e. The summed E-state index contributed by atoms with van der Waals surface area (Å²) in [6, 6.07) is 4.20. The van der Waals surface area contributed by atoms with Gasteiger partial charge in [-0.1, -0.05) is 6.07 Å². The molecule has 0 N–H and O–H groups in total. The van der Waals surface area contributed by atoms with Crippen LogP contribution in [0.4, 0.5) is 13.2 Å². The van der Waals surface area contributed by atoms with Gasteiger partial charge in [0.1, 0.15) is 11.5 Å². The molecule has 116 valence electrons. The summed E-state index contributed by atoms with van der Waals surface area (Å²) >= 11 is 0. The number of ether oxygens (including phenoxy) is 1. The summed E-state index contributed by atoms with van der Waals surface area (Å²) in [5.74, 6) is -0.632. The lowest BCUT2D eigenvalue weighted by Gasteiger charge is -2.25. The van der Waals surface area contributed by atoms with E-state index in [4.69, 9.17) is 0 Å². The van der Waals surface area contributed by atoms with Gasteiger partial charge in [0, 0.05) is 32.0 Å². The Labute approximate surface area is 119 Å². The minimum Gasteiger partial charge on any atom is -0.406 e. The number of hydrogen-bond donors (Lipinski definition) is 0. The molecular weight excluding hydrogens is 311 g/mol. The molecule has 1 aromatic carbocycles.